The van der Waals surface area contributed by atoms with Crippen molar-refractivity contribution in [2.45, 2.75) is 232 Å². The van der Waals surface area contributed by atoms with Crippen molar-refractivity contribution in [2.24, 2.45) is 0 Å². The zero-order valence-electron chi connectivity index (χ0n) is 40.0. The van der Waals surface area contributed by atoms with E-state index in [4.69, 9.17) is 23.6 Å². The molecule has 0 amide bonds. The molecular formula is C52H93O10P. The number of esters is 2. The van der Waals surface area contributed by atoms with E-state index in [0.717, 1.165) is 51.4 Å². The van der Waals surface area contributed by atoms with Gasteiger partial charge < -0.3 is 24.6 Å². The molecule has 63 heavy (non-hydrogen) atoms. The van der Waals surface area contributed by atoms with Gasteiger partial charge in [-0.15, -0.1) is 0 Å². The number of unbranched alkanes of at least 4 members (excludes halogenated alkanes) is 23. The molecular weight excluding hydrogens is 816 g/mol. The first-order valence-electron chi connectivity index (χ1n) is 25.2. The van der Waals surface area contributed by atoms with Crippen LogP contribution in [-0.4, -0.2) is 65.7 Å². The second-order valence-corrected chi connectivity index (χ2v) is 18.3. The molecule has 0 rings (SSSR count). The van der Waals surface area contributed by atoms with Crippen LogP contribution in [-0.2, 0) is 32.7 Å². The largest absolute Gasteiger partial charge is 0.472 e. The number of hydrogen-bond donors (Lipinski definition) is 3. The lowest BCUT2D eigenvalue weighted by molar-refractivity contribution is -0.161. The van der Waals surface area contributed by atoms with Gasteiger partial charge in [-0.2, -0.15) is 0 Å². The molecule has 1 unspecified atom stereocenters. The summed E-state index contributed by atoms with van der Waals surface area (Å²) < 4.78 is 32.8. The van der Waals surface area contributed by atoms with Crippen molar-refractivity contribution in [1.82, 2.24) is 0 Å². The zero-order chi connectivity index (χ0) is 46.2. The SMILES string of the molecule is CC/C=C/C/C=C/C/C=C/C/C=C/C/C=C/CCCC(=O)O[C@@H](COC(=O)CCCCCCCCCCCCCCCCCCCCCCCCC)COP(=O)(O)OC[C@H](O)CO. The third-order valence-electron chi connectivity index (χ3n) is 10.7. The number of phosphoric ester groups is 1. The molecule has 11 heteroatoms. The van der Waals surface area contributed by atoms with Gasteiger partial charge in [0.25, 0.3) is 0 Å². The second kappa shape index (κ2) is 47.6. The molecule has 0 aromatic heterocycles. The molecule has 10 nitrogen and oxygen atoms in total. The van der Waals surface area contributed by atoms with Crippen LogP contribution < -0.4 is 0 Å². The van der Waals surface area contributed by atoms with Gasteiger partial charge in [0.05, 0.1) is 19.8 Å². The number of aliphatic hydroxyl groups is 2. The summed E-state index contributed by atoms with van der Waals surface area (Å²) >= 11 is 0. The van der Waals surface area contributed by atoms with Crippen LogP contribution in [0.4, 0.5) is 0 Å². The fourth-order valence-corrected chi connectivity index (χ4v) is 7.64. The Labute approximate surface area is 385 Å². The van der Waals surface area contributed by atoms with Gasteiger partial charge in [0.1, 0.15) is 12.7 Å². The first-order chi connectivity index (χ1) is 30.7. The molecule has 0 spiro atoms. The van der Waals surface area contributed by atoms with Crippen molar-refractivity contribution >= 4 is 19.8 Å². The predicted molar refractivity (Wildman–Crippen MR) is 260 cm³/mol. The number of carbonyl (C=O) groups excluding carboxylic acids is 2. The van der Waals surface area contributed by atoms with E-state index in [1.165, 1.54) is 122 Å². The molecule has 0 radical (unpaired) electrons. The zero-order valence-corrected chi connectivity index (χ0v) is 40.9. The van der Waals surface area contributed by atoms with Gasteiger partial charge in [-0.05, 0) is 51.4 Å². The number of carbonyl (C=O) groups is 2. The van der Waals surface area contributed by atoms with Crippen molar-refractivity contribution in [3.05, 3.63) is 60.8 Å². The van der Waals surface area contributed by atoms with E-state index in [-0.39, 0.29) is 19.4 Å². The highest BCUT2D eigenvalue weighted by atomic mass is 31.2. The van der Waals surface area contributed by atoms with Crippen molar-refractivity contribution in [2.75, 3.05) is 26.4 Å². The maximum atomic E-state index is 12.6. The van der Waals surface area contributed by atoms with Crippen molar-refractivity contribution in [1.29, 1.82) is 0 Å². The van der Waals surface area contributed by atoms with Crippen LogP contribution in [0.1, 0.15) is 219 Å². The fraction of sp³-hybridized carbons (Fsp3) is 0.769. The van der Waals surface area contributed by atoms with Gasteiger partial charge in [-0.25, -0.2) is 4.57 Å². The number of phosphoric acid groups is 1. The van der Waals surface area contributed by atoms with E-state index >= 15 is 0 Å². The lowest BCUT2D eigenvalue weighted by Gasteiger charge is -2.20. The second-order valence-electron chi connectivity index (χ2n) is 16.8. The van der Waals surface area contributed by atoms with Crippen LogP contribution in [0.15, 0.2) is 60.8 Å². The third kappa shape index (κ3) is 47.5. The molecule has 0 aliphatic heterocycles. The molecule has 0 heterocycles. The Morgan fingerprint density at radius 2 is 0.873 bits per heavy atom. The van der Waals surface area contributed by atoms with Crippen LogP contribution >= 0.6 is 7.82 Å². The predicted octanol–water partition coefficient (Wildman–Crippen LogP) is 14.2. The molecule has 0 saturated carbocycles. The average molecular weight is 909 g/mol. The van der Waals surface area contributed by atoms with Gasteiger partial charge in [-0.1, -0.05) is 216 Å². The Morgan fingerprint density at radius 3 is 1.30 bits per heavy atom. The standard InChI is InChI=1S/C52H93O10P/c1-3-5-7-9-11-13-15-17-19-21-22-23-24-25-26-28-29-31-33-35-37-39-41-43-51(55)59-47-50(48-61-63(57,58)60-46-49(54)45-53)62-52(56)44-42-40-38-36-34-32-30-27-20-18-16-14-12-10-8-6-4-2/h6,8,12,14,18,20,30,32,36,38,49-50,53-54H,3-5,7,9-11,13,15-17,19,21-29,31,33-35,37,39-48H2,1-2H3,(H,57,58)/b8-6+,14-12+,20-18+,32-30+,38-36+/t49-,50+/m1/s1. The van der Waals surface area contributed by atoms with E-state index in [2.05, 4.69) is 62.5 Å². The lowest BCUT2D eigenvalue weighted by Crippen LogP contribution is -2.29. The van der Waals surface area contributed by atoms with E-state index in [9.17, 15) is 24.2 Å². The van der Waals surface area contributed by atoms with Crippen LogP contribution in [0.3, 0.4) is 0 Å². The van der Waals surface area contributed by atoms with Gasteiger partial charge in [0.15, 0.2) is 6.10 Å². The Bertz CT molecular complexity index is 1230. The summed E-state index contributed by atoms with van der Waals surface area (Å²) in [6.07, 6.45) is 54.9. The Morgan fingerprint density at radius 1 is 0.492 bits per heavy atom. The van der Waals surface area contributed by atoms with E-state index in [1.54, 1.807) is 0 Å². The maximum absolute atomic E-state index is 12.6. The van der Waals surface area contributed by atoms with Crippen molar-refractivity contribution < 1.29 is 47.8 Å². The average Bonchev–Trinajstić information content (AvgIpc) is 3.27. The van der Waals surface area contributed by atoms with Crippen LogP contribution in [0.2, 0.25) is 0 Å². The molecule has 3 atom stereocenters. The third-order valence-corrected chi connectivity index (χ3v) is 11.6. The highest BCUT2D eigenvalue weighted by Crippen LogP contribution is 2.43. The highest BCUT2D eigenvalue weighted by molar-refractivity contribution is 7.47. The van der Waals surface area contributed by atoms with E-state index in [1.807, 2.05) is 12.2 Å². The van der Waals surface area contributed by atoms with Gasteiger partial charge >= 0.3 is 19.8 Å². The maximum Gasteiger partial charge on any atom is 0.472 e. The normalized spacial score (nSPS) is 14.2. The van der Waals surface area contributed by atoms with Crippen LogP contribution in [0.25, 0.3) is 0 Å². The van der Waals surface area contributed by atoms with E-state index in [0.29, 0.717) is 19.3 Å². The molecule has 0 saturated heterocycles. The molecule has 366 valence electrons. The van der Waals surface area contributed by atoms with Crippen LogP contribution in [0, 0.1) is 0 Å². The topological polar surface area (TPSA) is 149 Å². The Kier molecular flexibility index (Phi) is 45.9. The van der Waals surface area contributed by atoms with E-state index < -0.39 is 51.8 Å². The van der Waals surface area contributed by atoms with Gasteiger partial charge in [0.2, 0.25) is 0 Å². The number of aliphatic hydroxyl groups excluding tert-OH is 2. The summed E-state index contributed by atoms with van der Waals surface area (Å²) in [4.78, 5) is 35.1. The summed E-state index contributed by atoms with van der Waals surface area (Å²) in [5, 5.41) is 18.4. The summed E-state index contributed by atoms with van der Waals surface area (Å²) in [5.41, 5.74) is 0. The number of allylic oxidation sites excluding steroid dienone is 10. The minimum Gasteiger partial charge on any atom is -0.462 e. The summed E-state index contributed by atoms with van der Waals surface area (Å²) in [7, 11) is -4.64. The van der Waals surface area contributed by atoms with Crippen molar-refractivity contribution in [3.63, 3.8) is 0 Å². The molecule has 0 fully saturated rings. The number of ether oxygens (including phenoxy) is 2. The lowest BCUT2D eigenvalue weighted by atomic mass is 10.0. The quantitative estimate of drug-likeness (QED) is 0.0233. The minimum absolute atomic E-state index is 0.105. The fourth-order valence-electron chi connectivity index (χ4n) is 6.85. The molecule has 0 aliphatic carbocycles. The first kappa shape index (κ1) is 60.7. The minimum atomic E-state index is -4.64. The summed E-state index contributed by atoms with van der Waals surface area (Å²) in [6, 6.07) is 0. The summed E-state index contributed by atoms with van der Waals surface area (Å²) in [6.45, 7) is 2.23. The molecule has 0 aliphatic rings. The number of hydrogen-bond acceptors (Lipinski definition) is 9. The molecule has 0 bridgehead atoms. The molecule has 3 N–H and O–H groups in total. The Balaban J connectivity index is 4.21. The molecule has 0 aromatic rings. The molecule has 0 aromatic carbocycles. The highest BCUT2D eigenvalue weighted by Gasteiger charge is 2.27. The monoisotopic (exact) mass is 909 g/mol. The van der Waals surface area contributed by atoms with Crippen LogP contribution in [0.5, 0.6) is 0 Å². The van der Waals surface area contributed by atoms with Crippen molar-refractivity contribution in [3.8, 4) is 0 Å². The number of rotatable bonds is 47. The Hall–Kier alpha value is -2.33. The first-order valence-corrected chi connectivity index (χ1v) is 26.7. The van der Waals surface area contributed by atoms with Gasteiger partial charge in [-0.3, -0.25) is 18.6 Å². The smallest absolute Gasteiger partial charge is 0.462 e. The summed E-state index contributed by atoms with van der Waals surface area (Å²) in [5.74, 6) is -0.987. The van der Waals surface area contributed by atoms with Gasteiger partial charge in [0, 0.05) is 12.8 Å².